The van der Waals surface area contributed by atoms with Crippen LogP contribution in [0.4, 0.5) is 4.39 Å². The van der Waals surface area contributed by atoms with Crippen LogP contribution in [0.15, 0.2) is 42.7 Å². The molecular weight excluding hydrogens is 429 g/mol. The number of ether oxygens (including phenoxy) is 1. The predicted molar refractivity (Wildman–Crippen MR) is 123 cm³/mol. The molecule has 32 heavy (non-hydrogen) atoms. The molecule has 2 atom stereocenters. The fourth-order valence-corrected chi connectivity index (χ4v) is 4.30. The number of halogens is 2. The summed E-state index contributed by atoms with van der Waals surface area (Å²) in [6, 6.07) is 7.34. The number of benzene rings is 1. The lowest BCUT2D eigenvalue weighted by Crippen LogP contribution is -2.29. The second kappa shape index (κ2) is 9.25. The average Bonchev–Trinajstić information content (AvgIpc) is 3.24. The molecule has 0 saturated carbocycles. The van der Waals surface area contributed by atoms with Crippen LogP contribution in [-0.4, -0.2) is 27.6 Å². The molecule has 2 aromatic heterocycles. The number of ketones is 1. The largest absolute Gasteiger partial charge is 0.493 e. The van der Waals surface area contributed by atoms with E-state index >= 15 is 0 Å². The zero-order chi connectivity index (χ0) is 22.8. The number of rotatable bonds is 6. The number of carbonyl (C=O) groups is 1. The Morgan fingerprint density at radius 3 is 2.88 bits per heavy atom. The lowest BCUT2D eigenvalue weighted by atomic mass is 9.83. The van der Waals surface area contributed by atoms with Gasteiger partial charge in [-0.3, -0.25) is 14.9 Å². The Morgan fingerprint density at radius 1 is 1.38 bits per heavy atom. The third-order valence-electron chi connectivity index (χ3n) is 6.09. The van der Waals surface area contributed by atoms with Gasteiger partial charge in [0, 0.05) is 22.4 Å². The summed E-state index contributed by atoms with van der Waals surface area (Å²) in [4.78, 5) is 18.0. The summed E-state index contributed by atoms with van der Waals surface area (Å²) >= 11 is 6.14. The quantitative estimate of drug-likeness (QED) is 0.464. The molecule has 7 heteroatoms. The van der Waals surface area contributed by atoms with Crippen molar-refractivity contribution in [1.82, 2.24) is 15.2 Å². The number of Topliss-reactive ketones (excluding diaryl/α,β-unsaturated/α-hetero) is 1. The van der Waals surface area contributed by atoms with Gasteiger partial charge in [-0.1, -0.05) is 31.5 Å². The second-order valence-corrected chi connectivity index (χ2v) is 8.53. The van der Waals surface area contributed by atoms with Gasteiger partial charge < -0.3 is 4.74 Å². The van der Waals surface area contributed by atoms with E-state index in [-0.39, 0.29) is 17.6 Å². The maximum Gasteiger partial charge on any atom is 0.218 e. The molecule has 2 unspecified atom stereocenters. The van der Waals surface area contributed by atoms with Crippen LogP contribution in [0.25, 0.3) is 16.8 Å². The maximum absolute atomic E-state index is 14.0. The number of aromatic amines is 1. The van der Waals surface area contributed by atoms with Crippen molar-refractivity contribution in [1.29, 1.82) is 0 Å². The van der Waals surface area contributed by atoms with Crippen molar-refractivity contribution in [2.45, 2.75) is 39.5 Å². The maximum atomic E-state index is 14.0. The number of nitrogens with one attached hydrogen (secondary N) is 1. The Hall–Kier alpha value is -2.99. The molecule has 1 N–H and O–H groups in total. The van der Waals surface area contributed by atoms with Gasteiger partial charge in [-0.15, -0.1) is 0 Å². The first kappa shape index (κ1) is 22.2. The third kappa shape index (κ3) is 4.19. The summed E-state index contributed by atoms with van der Waals surface area (Å²) in [7, 11) is 0. The third-order valence-corrected chi connectivity index (χ3v) is 6.33. The van der Waals surface area contributed by atoms with Crippen LogP contribution < -0.4 is 4.74 Å². The minimum atomic E-state index is -0.528. The molecule has 1 aromatic carbocycles. The van der Waals surface area contributed by atoms with Gasteiger partial charge in [0.15, 0.2) is 5.78 Å². The lowest BCUT2D eigenvalue weighted by molar-refractivity contribution is -0.118. The molecular formula is C25H25ClFN3O2. The van der Waals surface area contributed by atoms with Crippen LogP contribution in [0.2, 0.25) is 5.02 Å². The Bertz CT molecular complexity index is 1190. The highest BCUT2D eigenvalue weighted by Gasteiger charge is 2.30. The highest BCUT2D eigenvalue weighted by atomic mass is 35.5. The molecule has 5 nitrogen and oxygen atoms in total. The molecule has 0 radical (unpaired) electrons. The van der Waals surface area contributed by atoms with Gasteiger partial charge in [0.1, 0.15) is 5.75 Å². The zero-order valence-corrected chi connectivity index (χ0v) is 19.0. The van der Waals surface area contributed by atoms with Crippen molar-refractivity contribution in [3.8, 4) is 17.0 Å². The smallest absolute Gasteiger partial charge is 0.218 e. The first-order valence-electron chi connectivity index (χ1n) is 10.7. The molecule has 1 aliphatic rings. The summed E-state index contributed by atoms with van der Waals surface area (Å²) < 4.78 is 19.9. The Kier molecular flexibility index (Phi) is 6.42. The number of fused-ring (bicyclic) bond motifs is 1. The van der Waals surface area contributed by atoms with E-state index in [1.807, 2.05) is 31.2 Å². The van der Waals surface area contributed by atoms with Crippen LogP contribution in [0.1, 0.15) is 49.8 Å². The molecule has 1 aliphatic heterocycles. The Labute approximate surface area is 191 Å². The number of H-pyrrole nitrogens is 1. The topological polar surface area (TPSA) is 67.9 Å². The van der Waals surface area contributed by atoms with Crippen molar-refractivity contribution in [2.24, 2.45) is 5.92 Å². The van der Waals surface area contributed by atoms with E-state index in [2.05, 4.69) is 29.0 Å². The van der Waals surface area contributed by atoms with E-state index in [0.29, 0.717) is 34.9 Å². The fraction of sp³-hybridized carbons (Fsp3) is 0.320. The zero-order valence-electron chi connectivity index (χ0n) is 18.3. The minimum Gasteiger partial charge on any atom is -0.493 e. The highest BCUT2D eigenvalue weighted by molar-refractivity contribution is 6.30. The van der Waals surface area contributed by atoms with Crippen LogP contribution in [0.3, 0.4) is 0 Å². The van der Waals surface area contributed by atoms with Crippen molar-refractivity contribution >= 4 is 23.0 Å². The Morgan fingerprint density at radius 2 is 2.19 bits per heavy atom. The molecule has 0 bridgehead atoms. The van der Waals surface area contributed by atoms with Gasteiger partial charge in [0.2, 0.25) is 5.95 Å². The number of hydrogen-bond acceptors (Lipinski definition) is 4. The van der Waals surface area contributed by atoms with E-state index < -0.39 is 5.95 Å². The summed E-state index contributed by atoms with van der Waals surface area (Å²) in [5, 5.41) is 6.68. The number of pyridine rings is 1. The summed E-state index contributed by atoms with van der Waals surface area (Å²) in [5.74, 6) is 0.0922. The fourth-order valence-electron chi connectivity index (χ4n) is 4.10. The van der Waals surface area contributed by atoms with E-state index in [0.717, 1.165) is 28.9 Å². The molecule has 0 aliphatic carbocycles. The molecule has 3 heterocycles. The SMILES string of the molecule is C/C=C(/C(=O)C1COc2ccc(Cl)cc2C1)c1cnc(-c2cn[nH]c2F)cc1C(C)CC. The van der Waals surface area contributed by atoms with Gasteiger partial charge >= 0.3 is 0 Å². The van der Waals surface area contributed by atoms with Gasteiger partial charge in [-0.2, -0.15) is 9.49 Å². The molecule has 166 valence electrons. The van der Waals surface area contributed by atoms with Crippen molar-refractivity contribution in [3.05, 3.63) is 70.4 Å². The van der Waals surface area contributed by atoms with Gasteiger partial charge in [0.05, 0.1) is 30.0 Å². The first-order valence-corrected chi connectivity index (χ1v) is 11.1. The van der Waals surface area contributed by atoms with E-state index in [1.165, 1.54) is 6.20 Å². The molecule has 0 saturated heterocycles. The molecule has 0 spiro atoms. The second-order valence-electron chi connectivity index (χ2n) is 8.09. The molecule has 0 amide bonds. The Balaban J connectivity index is 1.69. The average molecular weight is 454 g/mol. The van der Waals surface area contributed by atoms with Crippen LogP contribution in [-0.2, 0) is 11.2 Å². The summed E-state index contributed by atoms with van der Waals surface area (Å²) in [5.41, 5.74) is 4.07. The molecule has 3 aromatic rings. The van der Waals surface area contributed by atoms with Crippen LogP contribution >= 0.6 is 11.6 Å². The molecule has 0 fully saturated rings. The first-order chi connectivity index (χ1) is 15.4. The highest BCUT2D eigenvalue weighted by Crippen LogP contribution is 2.35. The molecule has 4 rings (SSSR count). The van der Waals surface area contributed by atoms with E-state index in [1.54, 1.807) is 12.3 Å². The van der Waals surface area contributed by atoms with Gasteiger partial charge in [-0.25, -0.2) is 0 Å². The van der Waals surface area contributed by atoms with Crippen molar-refractivity contribution < 1.29 is 13.9 Å². The predicted octanol–water partition coefficient (Wildman–Crippen LogP) is 6.00. The number of carbonyl (C=O) groups excluding carboxylic acids is 1. The van der Waals surface area contributed by atoms with E-state index in [4.69, 9.17) is 16.3 Å². The number of nitrogens with zero attached hydrogens (tertiary/aromatic N) is 2. The standard InChI is InChI=1S/C25H25ClFN3O2/c1-4-14(3)19-10-22(21-12-29-30-25(21)27)28-11-20(19)18(5-2)24(31)16-8-15-9-17(26)6-7-23(15)32-13-16/h5-7,9-12,14,16H,4,8,13H2,1-3H3,(H,29,30)/b18-5+. The summed E-state index contributed by atoms with van der Waals surface area (Å²) in [6.45, 7) is 6.34. The monoisotopic (exact) mass is 453 g/mol. The number of hydrogen-bond donors (Lipinski definition) is 1. The van der Waals surface area contributed by atoms with Gasteiger partial charge in [0.25, 0.3) is 0 Å². The number of allylic oxidation sites excluding steroid dienone is 2. The van der Waals surface area contributed by atoms with Gasteiger partial charge in [-0.05, 0) is 61.1 Å². The lowest BCUT2D eigenvalue weighted by Gasteiger charge is -2.26. The van der Waals surface area contributed by atoms with Crippen LogP contribution in [0, 0.1) is 11.9 Å². The number of aromatic nitrogens is 3. The normalized spacial score (nSPS) is 16.9. The van der Waals surface area contributed by atoms with Crippen molar-refractivity contribution in [2.75, 3.05) is 6.61 Å². The van der Waals surface area contributed by atoms with Crippen molar-refractivity contribution in [3.63, 3.8) is 0 Å². The van der Waals surface area contributed by atoms with E-state index in [9.17, 15) is 9.18 Å². The summed E-state index contributed by atoms with van der Waals surface area (Å²) in [6.07, 6.45) is 6.35. The minimum absolute atomic E-state index is 0.00622. The van der Waals surface area contributed by atoms with Crippen LogP contribution in [0.5, 0.6) is 5.75 Å².